The molecule has 0 aliphatic carbocycles. The molecule has 0 radical (unpaired) electrons. The molecule has 27 heavy (non-hydrogen) atoms. The lowest BCUT2D eigenvalue weighted by Gasteiger charge is -2.18. The van der Waals surface area contributed by atoms with Gasteiger partial charge >= 0.3 is 0 Å². The number of aryl methyl sites for hydroxylation is 1. The second-order valence-corrected chi connectivity index (χ2v) is 6.68. The molecule has 0 saturated carbocycles. The molecule has 134 valence electrons. The predicted molar refractivity (Wildman–Crippen MR) is 107 cm³/mol. The summed E-state index contributed by atoms with van der Waals surface area (Å²) in [6.07, 6.45) is 2.88. The number of nitrogens with zero attached hydrogens (tertiary/aromatic N) is 2. The first-order valence-electron chi connectivity index (χ1n) is 9.38. The fourth-order valence-corrected chi connectivity index (χ4v) is 3.55. The van der Waals surface area contributed by atoms with Gasteiger partial charge in [-0.1, -0.05) is 91.0 Å². The highest BCUT2D eigenvalue weighted by molar-refractivity contribution is 5.60. The Labute approximate surface area is 159 Å². The van der Waals surface area contributed by atoms with E-state index in [0.717, 1.165) is 36.3 Å². The van der Waals surface area contributed by atoms with Gasteiger partial charge in [0.1, 0.15) is 5.69 Å². The van der Waals surface area contributed by atoms with Crippen molar-refractivity contribution in [1.82, 2.24) is 10.4 Å². The molecule has 4 aromatic rings. The van der Waals surface area contributed by atoms with Crippen LogP contribution in [-0.4, -0.2) is 10.4 Å². The SMILES string of the molecule is c1ccc(-c2nnoc2CCCC(c2ccccc2)c2ccccc2)cc1. The van der Waals surface area contributed by atoms with Gasteiger partial charge in [-0.05, 0) is 24.0 Å². The molecule has 3 aromatic carbocycles. The highest BCUT2D eigenvalue weighted by atomic mass is 16.5. The van der Waals surface area contributed by atoms with E-state index in [-0.39, 0.29) is 0 Å². The predicted octanol–water partition coefficient (Wildman–Crippen LogP) is 5.89. The van der Waals surface area contributed by atoms with Crippen LogP contribution in [0.3, 0.4) is 0 Å². The van der Waals surface area contributed by atoms with Crippen LogP contribution in [0.4, 0.5) is 0 Å². The summed E-state index contributed by atoms with van der Waals surface area (Å²) in [6, 6.07) is 31.5. The first-order valence-corrected chi connectivity index (χ1v) is 9.38. The summed E-state index contributed by atoms with van der Waals surface area (Å²) in [5.74, 6) is 1.24. The smallest absolute Gasteiger partial charge is 0.165 e. The third-order valence-electron chi connectivity index (χ3n) is 4.90. The van der Waals surface area contributed by atoms with Crippen LogP contribution in [0.25, 0.3) is 11.3 Å². The van der Waals surface area contributed by atoms with Gasteiger partial charge in [0.15, 0.2) is 5.76 Å². The average Bonchev–Trinajstić information content (AvgIpc) is 3.22. The highest BCUT2D eigenvalue weighted by Crippen LogP contribution is 2.30. The lowest BCUT2D eigenvalue weighted by atomic mass is 9.87. The van der Waals surface area contributed by atoms with Crippen LogP contribution in [-0.2, 0) is 6.42 Å². The van der Waals surface area contributed by atoms with Crippen molar-refractivity contribution in [3.63, 3.8) is 0 Å². The zero-order valence-electron chi connectivity index (χ0n) is 15.2. The molecule has 0 unspecified atom stereocenters. The molecule has 1 aromatic heterocycles. The second-order valence-electron chi connectivity index (χ2n) is 6.68. The Balaban J connectivity index is 1.49. The Morgan fingerprint density at radius 3 is 1.85 bits per heavy atom. The summed E-state index contributed by atoms with van der Waals surface area (Å²) in [6.45, 7) is 0. The maximum Gasteiger partial charge on any atom is 0.165 e. The fraction of sp³-hybridized carbons (Fsp3) is 0.167. The van der Waals surface area contributed by atoms with E-state index < -0.39 is 0 Å². The molecule has 0 fully saturated rings. The van der Waals surface area contributed by atoms with Crippen molar-refractivity contribution in [2.24, 2.45) is 0 Å². The number of benzene rings is 3. The topological polar surface area (TPSA) is 38.9 Å². The zero-order chi connectivity index (χ0) is 18.3. The van der Waals surface area contributed by atoms with Gasteiger partial charge in [0, 0.05) is 23.2 Å². The molecule has 1 heterocycles. The zero-order valence-corrected chi connectivity index (χ0v) is 15.2. The molecule has 0 bridgehead atoms. The maximum atomic E-state index is 5.45. The summed E-state index contributed by atoms with van der Waals surface area (Å²) in [7, 11) is 0. The Morgan fingerprint density at radius 1 is 0.704 bits per heavy atom. The summed E-state index contributed by atoms with van der Waals surface area (Å²) in [5, 5.41) is 7.97. The minimum atomic E-state index is 0.378. The first kappa shape index (κ1) is 17.2. The first-order chi connectivity index (χ1) is 13.4. The van der Waals surface area contributed by atoms with Crippen LogP contribution in [0.5, 0.6) is 0 Å². The van der Waals surface area contributed by atoms with Gasteiger partial charge < -0.3 is 4.52 Å². The summed E-state index contributed by atoms with van der Waals surface area (Å²) < 4.78 is 5.45. The van der Waals surface area contributed by atoms with E-state index in [4.69, 9.17) is 4.52 Å². The summed E-state index contributed by atoms with van der Waals surface area (Å²) in [5.41, 5.74) is 4.60. The van der Waals surface area contributed by atoms with E-state index in [2.05, 4.69) is 71.0 Å². The van der Waals surface area contributed by atoms with E-state index in [9.17, 15) is 0 Å². The number of hydrogen-bond acceptors (Lipinski definition) is 3. The molecule has 0 aliphatic rings. The molecule has 3 nitrogen and oxygen atoms in total. The summed E-state index contributed by atoms with van der Waals surface area (Å²) >= 11 is 0. The number of hydrogen-bond donors (Lipinski definition) is 0. The van der Waals surface area contributed by atoms with Crippen molar-refractivity contribution >= 4 is 0 Å². The largest absolute Gasteiger partial charge is 0.341 e. The Morgan fingerprint density at radius 2 is 1.26 bits per heavy atom. The number of aromatic nitrogens is 2. The lowest BCUT2D eigenvalue weighted by molar-refractivity contribution is 0.358. The van der Waals surface area contributed by atoms with Crippen LogP contribution in [0.15, 0.2) is 95.5 Å². The van der Waals surface area contributed by atoms with Crippen molar-refractivity contribution in [1.29, 1.82) is 0 Å². The maximum absolute atomic E-state index is 5.45. The molecule has 0 saturated heterocycles. The van der Waals surface area contributed by atoms with E-state index >= 15 is 0 Å². The quantitative estimate of drug-likeness (QED) is 0.415. The van der Waals surface area contributed by atoms with E-state index in [1.807, 2.05) is 30.3 Å². The summed E-state index contributed by atoms with van der Waals surface area (Å²) in [4.78, 5) is 0. The van der Waals surface area contributed by atoms with Gasteiger partial charge in [0.05, 0.1) is 0 Å². The van der Waals surface area contributed by atoms with Crippen molar-refractivity contribution in [2.75, 3.05) is 0 Å². The van der Waals surface area contributed by atoms with Gasteiger partial charge in [-0.3, -0.25) is 0 Å². The molecule has 3 heteroatoms. The van der Waals surface area contributed by atoms with Crippen LogP contribution in [0.2, 0.25) is 0 Å². The van der Waals surface area contributed by atoms with Crippen LogP contribution in [0, 0.1) is 0 Å². The normalized spacial score (nSPS) is 11.0. The molecule has 0 N–H and O–H groups in total. The number of rotatable bonds is 7. The molecular weight excluding hydrogens is 332 g/mol. The lowest BCUT2D eigenvalue weighted by Crippen LogP contribution is -2.02. The Kier molecular flexibility index (Phi) is 5.39. The second kappa shape index (κ2) is 8.45. The van der Waals surface area contributed by atoms with E-state index in [1.54, 1.807) is 0 Å². The van der Waals surface area contributed by atoms with Gasteiger partial charge in [0.25, 0.3) is 0 Å². The molecule has 4 rings (SSSR count). The fourth-order valence-electron chi connectivity index (χ4n) is 3.55. The minimum Gasteiger partial charge on any atom is -0.341 e. The van der Waals surface area contributed by atoms with Gasteiger partial charge in [-0.25, -0.2) is 0 Å². The van der Waals surface area contributed by atoms with Gasteiger partial charge in [0.2, 0.25) is 0 Å². The molecule has 0 atom stereocenters. The van der Waals surface area contributed by atoms with Crippen LogP contribution in [0.1, 0.15) is 35.6 Å². The van der Waals surface area contributed by atoms with Crippen LogP contribution >= 0.6 is 0 Å². The average molecular weight is 354 g/mol. The van der Waals surface area contributed by atoms with Crippen molar-refractivity contribution in [3.8, 4) is 11.3 Å². The monoisotopic (exact) mass is 354 g/mol. The molecule has 0 amide bonds. The van der Waals surface area contributed by atoms with E-state index in [0.29, 0.717) is 5.92 Å². The van der Waals surface area contributed by atoms with Gasteiger partial charge in [-0.15, -0.1) is 5.10 Å². The molecule has 0 spiro atoms. The molecular formula is C24H22N2O. The third kappa shape index (κ3) is 4.14. The highest BCUT2D eigenvalue weighted by Gasteiger charge is 2.16. The minimum absolute atomic E-state index is 0.378. The van der Waals surface area contributed by atoms with Crippen LogP contribution < -0.4 is 0 Å². The van der Waals surface area contributed by atoms with Crippen molar-refractivity contribution in [2.45, 2.75) is 25.2 Å². The Hall–Kier alpha value is -3.20. The van der Waals surface area contributed by atoms with Gasteiger partial charge in [-0.2, -0.15) is 0 Å². The van der Waals surface area contributed by atoms with E-state index in [1.165, 1.54) is 11.1 Å². The van der Waals surface area contributed by atoms with Crippen molar-refractivity contribution in [3.05, 3.63) is 108 Å². The van der Waals surface area contributed by atoms with Crippen molar-refractivity contribution < 1.29 is 4.52 Å². The standard InChI is InChI=1S/C24H22N2O/c1-4-11-19(12-5-1)22(20-13-6-2-7-14-20)17-10-18-23-24(25-26-27-23)21-15-8-3-9-16-21/h1-9,11-16,22H,10,17-18H2. The Bertz CT molecular complexity index is 910. The molecule has 0 aliphatic heterocycles. The third-order valence-corrected chi connectivity index (χ3v) is 4.90.